The number of carbonyl (C=O) groups excluding carboxylic acids is 3. The first kappa shape index (κ1) is 18.4. The van der Waals surface area contributed by atoms with Crippen molar-refractivity contribution in [3.8, 4) is 0 Å². The number of thiophene rings is 1. The van der Waals surface area contributed by atoms with Crippen molar-refractivity contribution in [2.24, 2.45) is 23.0 Å². The van der Waals surface area contributed by atoms with Crippen molar-refractivity contribution in [1.29, 1.82) is 0 Å². The second kappa shape index (κ2) is 6.31. The molecule has 2 amide bonds. The van der Waals surface area contributed by atoms with E-state index in [2.05, 4.69) is 5.32 Å². The first-order valence-corrected chi connectivity index (χ1v) is 10.2. The summed E-state index contributed by atoms with van der Waals surface area (Å²) >= 11 is 1.18. The normalized spacial score (nSPS) is 34.9. The third-order valence-electron chi connectivity index (χ3n) is 6.28. The molecule has 1 heterocycles. The van der Waals surface area contributed by atoms with Gasteiger partial charge in [0.25, 0.3) is 11.8 Å². The van der Waals surface area contributed by atoms with Gasteiger partial charge < -0.3 is 20.9 Å². The van der Waals surface area contributed by atoms with Gasteiger partial charge in [0.1, 0.15) is 5.00 Å². The van der Waals surface area contributed by atoms with Gasteiger partial charge in [0.2, 0.25) is 0 Å². The molecule has 0 radical (unpaired) electrons. The minimum Gasteiger partial charge on any atom is -0.452 e. The Hall–Kier alpha value is -1.93. The molecule has 1 aromatic heterocycles. The Morgan fingerprint density at radius 1 is 1.30 bits per heavy atom. The summed E-state index contributed by atoms with van der Waals surface area (Å²) in [6.45, 7) is 1.51. The number of primary amides is 1. The van der Waals surface area contributed by atoms with Crippen LogP contribution >= 0.6 is 11.3 Å². The minimum absolute atomic E-state index is 0.232. The maximum Gasteiger partial charge on any atom is 0.312 e. The van der Waals surface area contributed by atoms with Crippen molar-refractivity contribution < 1.29 is 24.2 Å². The zero-order valence-corrected chi connectivity index (χ0v) is 16.0. The van der Waals surface area contributed by atoms with Crippen molar-refractivity contribution in [1.82, 2.24) is 0 Å². The summed E-state index contributed by atoms with van der Waals surface area (Å²) in [5, 5.41) is 15.4. The van der Waals surface area contributed by atoms with E-state index in [1.807, 2.05) is 0 Å². The van der Waals surface area contributed by atoms with Gasteiger partial charge in [-0.3, -0.25) is 14.4 Å². The van der Waals surface area contributed by atoms with Crippen LogP contribution in [0.1, 0.15) is 55.8 Å². The van der Waals surface area contributed by atoms with Crippen LogP contribution in [0.15, 0.2) is 11.4 Å². The maximum absolute atomic E-state index is 12.9. The number of carbonyl (C=O) groups is 3. The summed E-state index contributed by atoms with van der Waals surface area (Å²) in [6, 6.07) is 1.54. The fraction of sp³-hybridized carbons (Fsp3) is 0.632. The van der Waals surface area contributed by atoms with Gasteiger partial charge in [-0.25, -0.2) is 0 Å². The smallest absolute Gasteiger partial charge is 0.312 e. The van der Waals surface area contributed by atoms with Crippen LogP contribution < -0.4 is 11.1 Å². The molecule has 4 saturated carbocycles. The van der Waals surface area contributed by atoms with E-state index in [4.69, 9.17) is 10.5 Å². The molecule has 5 rings (SSSR count). The Balaban J connectivity index is 1.43. The molecule has 4 aliphatic rings. The molecule has 8 heteroatoms. The van der Waals surface area contributed by atoms with Gasteiger partial charge in [-0.1, -0.05) is 0 Å². The predicted molar refractivity (Wildman–Crippen MR) is 99.1 cm³/mol. The van der Waals surface area contributed by atoms with Crippen LogP contribution in [-0.4, -0.2) is 34.6 Å². The molecule has 0 aromatic carbocycles. The van der Waals surface area contributed by atoms with Crippen molar-refractivity contribution in [3.05, 3.63) is 17.0 Å². The molecular weight excluding hydrogens is 368 g/mol. The number of esters is 1. The van der Waals surface area contributed by atoms with E-state index in [0.29, 0.717) is 23.3 Å². The van der Waals surface area contributed by atoms with Crippen LogP contribution in [0.3, 0.4) is 0 Å². The number of ether oxygens (including phenoxy) is 1. The Morgan fingerprint density at radius 3 is 2.56 bits per heavy atom. The lowest BCUT2D eigenvalue weighted by molar-refractivity contribution is -0.199. The molecule has 0 saturated heterocycles. The standard InChI is InChI=1S/C19H24N2O5S/c1-10(15(23)21-16-13(14(20)22)2-3-27-16)26-17(24)18-5-11-4-12(6-18)8-19(25,7-11)9-18/h2-3,10-12,25H,4-9H2,1H3,(H2,20,22)(H,21,23). The quantitative estimate of drug-likeness (QED) is 0.663. The van der Waals surface area contributed by atoms with Crippen LogP contribution in [0.25, 0.3) is 0 Å². The van der Waals surface area contributed by atoms with E-state index in [-0.39, 0.29) is 11.5 Å². The van der Waals surface area contributed by atoms with Crippen molar-refractivity contribution in [2.45, 2.75) is 57.2 Å². The summed E-state index contributed by atoms with van der Waals surface area (Å²) < 4.78 is 5.52. The SMILES string of the molecule is CC(OC(=O)C12CC3CC(CC(O)(C3)C1)C2)C(=O)Nc1sccc1C(N)=O. The van der Waals surface area contributed by atoms with Gasteiger partial charge >= 0.3 is 5.97 Å². The average molecular weight is 392 g/mol. The number of anilines is 1. The molecule has 3 unspecified atom stereocenters. The third kappa shape index (κ3) is 3.25. The molecule has 7 nitrogen and oxygen atoms in total. The molecule has 4 N–H and O–H groups in total. The number of amides is 2. The molecule has 1 aromatic rings. The summed E-state index contributed by atoms with van der Waals surface area (Å²) in [6.07, 6.45) is 3.50. The van der Waals surface area contributed by atoms with E-state index < -0.39 is 28.9 Å². The summed E-state index contributed by atoms with van der Waals surface area (Å²) in [4.78, 5) is 36.7. The fourth-order valence-corrected chi connectivity index (χ4v) is 6.40. The van der Waals surface area contributed by atoms with Crippen molar-refractivity contribution >= 4 is 34.1 Å². The summed E-state index contributed by atoms with van der Waals surface area (Å²) in [5.74, 6) is -0.803. The van der Waals surface area contributed by atoms with Crippen LogP contribution in [0, 0.1) is 17.3 Å². The fourth-order valence-electron chi connectivity index (χ4n) is 5.61. The highest BCUT2D eigenvalue weighted by Crippen LogP contribution is 2.62. The average Bonchev–Trinajstić information content (AvgIpc) is 3.00. The monoisotopic (exact) mass is 392 g/mol. The van der Waals surface area contributed by atoms with Crippen LogP contribution in [0.4, 0.5) is 5.00 Å². The molecule has 146 valence electrons. The van der Waals surface area contributed by atoms with Crippen LogP contribution in [0.2, 0.25) is 0 Å². The van der Waals surface area contributed by atoms with E-state index in [1.165, 1.54) is 24.3 Å². The zero-order valence-electron chi connectivity index (χ0n) is 15.2. The number of rotatable bonds is 5. The number of nitrogens with two attached hydrogens (primary N) is 1. The van der Waals surface area contributed by atoms with Crippen molar-refractivity contribution in [2.75, 3.05) is 5.32 Å². The first-order chi connectivity index (χ1) is 12.7. The second-order valence-electron chi connectivity index (χ2n) is 8.53. The molecule has 0 aliphatic heterocycles. The Kier molecular flexibility index (Phi) is 4.31. The predicted octanol–water partition coefficient (Wildman–Crippen LogP) is 2.05. The van der Waals surface area contributed by atoms with Gasteiger partial charge in [0, 0.05) is 0 Å². The molecule has 0 spiro atoms. The molecule has 4 bridgehead atoms. The van der Waals surface area contributed by atoms with E-state index >= 15 is 0 Å². The first-order valence-electron chi connectivity index (χ1n) is 9.31. The molecule has 3 atom stereocenters. The molecule has 27 heavy (non-hydrogen) atoms. The lowest BCUT2D eigenvalue weighted by Crippen LogP contribution is -2.59. The molecule has 4 aliphatic carbocycles. The van der Waals surface area contributed by atoms with E-state index in [9.17, 15) is 19.5 Å². The third-order valence-corrected chi connectivity index (χ3v) is 7.11. The van der Waals surface area contributed by atoms with Gasteiger partial charge in [-0.15, -0.1) is 11.3 Å². The lowest BCUT2D eigenvalue weighted by Gasteiger charge is -2.58. The summed E-state index contributed by atoms with van der Waals surface area (Å²) in [5.41, 5.74) is 4.08. The van der Waals surface area contributed by atoms with E-state index in [0.717, 1.165) is 32.1 Å². The van der Waals surface area contributed by atoms with Crippen LogP contribution in [0.5, 0.6) is 0 Å². The van der Waals surface area contributed by atoms with Crippen molar-refractivity contribution in [3.63, 3.8) is 0 Å². The van der Waals surface area contributed by atoms with Gasteiger partial charge in [-0.05, 0) is 68.7 Å². The van der Waals surface area contributed by atoms with Gasteiger partial charge in [0.05, 0.1) is 16.6 Å². The highest BCUT2D eigenvalue weighted by Gasteiger charge is 2.61. The maximum atomic E-state index is 12.9. The van der Waals surface area contributed by atoms with Crippen LogP contribution in [-0.2, 0) is 14.3 Å². The Bertz CT molecular complexity index is 790. The summed E-state index contributed by atoms with van der Waals surface area (Å²) in [7, 11) is 0. The number of aliphatic hydroxyl groups is 1. The molecule has 4 fully saturated rings. The number of hydrogen-bond acceptors (Lipinski definition) is 6. The largest absolute Gasteiger partial charge is 0.452 e. The Labute approximate surface area is 161 Å². The van der Waals surface area contributed by atoms with E-state index in [1.54, 1.807) is 5.38 Å². The minimum atomic E-state index is -0.997. The van der Waals surface area contributed by atoms with Gasteiger partial charge in [0.15, 0.2) is 6.10 Å². The highest BCUT2D eigenvalue weighted by molar-refractivity contribution is 7.14. The number of hydrogen-bond donors (Lipinski definition) is 3. The highest BCUT2D eigenvalue weighted by atomic mass is 32.1. The second-order valence-corrected chi connectivity index (χ2v) is 9.45. The van der Waals surface area contributed by atoms with Gasteiger partial charge in [-0.2, -0.15) is 0 Å². The lowest BCUT2D eigenvalue weighted by atomic mass is 9.48. The number of nitrogens with one attached hydrogen (secondary N) is 1. The molecular formula is C19H24N2O5S. The Morgan fingerprint density at radius 2 is 1.96 bits per heavy atom. The zero-order chi connectivity index (χ0) is 19.4. The topological polar surface area (TPSA) is 119 Å².